The van der Waals surface area contributed by atoms with E-state index >= 15 is 0 Å². The maximum Gasteiger partial charge on any atom is 0.122 e. The van der Waals surface area contributed by atoms with Crippen LogP contribution in [0.2, 0.25) is 0 Å². The van der Waals surface area contributed by atoms with Crippen molar-refractivity contribution in [1.29, 1.82) is 0 Å². The highest BCUT2D eigenvalue weighted by molar-refractivity contribution is 5.33. The SMILES string of the molecule is CCc1ccccc1OCCCOC(C)CN. The van der Waals surface area contributed by atoms with E-state index in [1.165, 1.54) is 5.56 Å². The minimum absolute atomic E-state index is 0.137. The van der Waals surface area contributed by atoms with Crippen LogP contribution in [-0.4, -0.2) is 25.9 Å². The summed E-state index contributed by atoms with van der Waals surface area (Å²) in [7, 11) is 0. The summed E-state index contributed by atoms with van der Waals surface area (Å²) < 4.78 is 11.2. The molecule has 0 aliphatic carbocycles. The molecule has 1 aromatic rings. The second-order valence-electron chi connectivity index (χ2n) is 4.08. The lowest BCUT2D eigenvalue weighted by Gasteiger charge is -2.12. The van der Waals surface area contributed by atoms with E-state index in [9.17, 15) is 0 Å². The van der Waals surface area contributed by atoms with Crippen molar-refractivity contribution in [2.45, 2.75) is 32.8 Å². The predicted octanol–water partition coefficient (Wildman–Crippen LogP) is 2.38. The van der Waals surface area contributed by atoms with Crippen LogP contribution >= 0.6 is 0 Å². The molecule has 0 radical (unpaired) electrons. The lowest BCUT2D eigenvalue weighted by atomic mass is 10.1. The first-order chi connectivity index (χ1) is 8.27. The predicted molar refractivity (Wildman–Crippen MR) is 70.4 cm³/mol. The number of benzene rings is 1. The second-order valence-corrected chi connectivity index (χ2v) is 4.08. The summed E-state index contributed by atoms with van der Waals surface area (Å²) in [5.41, 5.74) is 6.71. The maximum atomic E-state index is 5.73. The van der Waals surface area contributed by atoms with Gasteiger partial charge in [0.1, 0.15) is 5.75 Å². The number of hydrogen-bond donors (Lipinski definition) is 1. The van der Waals surface area contributed by atoms with Crippen molar-refractivity contribution in [3.8, 4) is 5.75 Å². The van der Waals surface area contributed by atoms with Crippen LogP contribution in [0.15, 0.2) is 24.3 Å². The van der Waals surface area contributed by atoms with Crippen molar-refractivity contribution >= 4 is 0 Å². The van der Waals surface area contributed by atoms with Gasteiger partial charge in [-0.25, -0.2) is 0 Å². The van der Waals surface area contributed by atoms with E-state index in [4.69, 9.17) is 15.2 Å². The van der Waals surface area contributed by atoms with Crippen LogP contribution in [0.5, 0.6) is 5.75 Å². The van der Waals surface area contributed by atoms with Gasteiger partial charge in [0.15, 0.2) is 0 Å². The monoisotopic (exact) mass is 237 g/mol. The third kappa shape index (κ3) is 5.20. The molecule has 2 N–H and O–H groups in total. The Balaban J connectivity index is 2.22. The zero-order valence-corrected chi connectivity index (χ0v) is 10.8. The summed E-state index contributed by atoms with van der Waals surface area (Å²) in [6.45, 7) is 6.07. The summed E-state index contributed by atoms with van der Waals surface area (Å²) >= 11 is 0. The lowest BCUT2D eigenvalue weighted by Crippen LogP contribution is -2.21. The molecule has 3 heteroatoms. The highest BCUT2D eigenvalue weighted by atomic mass is 16.5. The molecule has 0 saturated carbocycles. The molecule has 96 valence electrons. The fourth-order valence-corrected chi connectivity index (χ4v) is 1.53. The second kappa shape index (κ2) is 8.09. The largest absolute Gasteiger partial charge is 0.493 e. The van der Waals surface area contributed by atoms with Gasteiger partial charge in [0.2, 0.25) is 0 Å². The first-order valence-electron chi connectivity index (χ1n) is 6.30. The van der Waals surface area contributed by atoms with Crippen LogP contribution in [0.3, 0.4) is 0 Å². The van der Waals surface area contributed by atoms with Gasteiger partial charge in [-0.05, 0) is 25.0 Å². The third-order valence-corrected chi connectivity index (χ3v) is 2.63. The molecular weight excluding hydrogens is 214 g/mol. The molecule has 1 rings (SSSR count). The molecule has 0 saturated heterocycles. The molecule has 0 spiro atoms. The molecule has 0 aliphatic heterocycles. The van der Waals surface area contributed by atoms with E-state index in [-0.39, 0.29) is 6.10 Å². The molecule has 3 nitrogen and oxygen atoms in total. The van der Waals surface area contributed by atoms with Gasteiger partial charge in [-0.15, -0.1) is 0 Å². The maximum absolute atomic E-state index is 5.73. The highest BCUT2D eigenvalue weighted by Crippen LogP contribution is 2.18. The Morgan fingerprint density at radius 1 is 1.24 bits per heavy atom. The van der Waals surface area contributed by atoms with Gasteiger partial charge in [-0.3, -0.25) is 0 Å². The minimum atomic E-state index is 0.137. The number of para-hydroxylation sites is 1. The van der Waals surface area contributed by atoms with Crippen molar-refractivity contribution in [3.05, 3.63) is 29.8 Å². The Morgan fingerprint density at radius 2 is 2.00 bits per heavy atom. The smallest absolute Gasteiger partial charge is 0.122 e. The van der Waals surface area contributed by atoms with E-state index in [2.05, 4.69) is 13.0 Å². The van der Waals surface area contributed by atoms with Gasteiger partial charge in [-0.2, -0.15) is 0 Å². The zero-order chi connectivity index (χ0) is 12.5. The fourth-order valence-electron chi connectivity index (χ4n) is 1.53. The Hall–Kier alpha value is -1.06. The molecule has 17 heavy (non-hydrogen) atoms. The average Bonchev–Trinajstić information content (AvgIpc) is 2.38. The molecule has 1 atom stereocenters. The normalized spacial score (nSPS) is 12.4. The van der Waals surface area contributed by atoms with Crippen molar-refractivity contribution in [2.24, 2.45) is 5.73 Å². The molecule has 0 aromatic heterocycles. The van der Waals surface area contributed by atoms with Crippen molar-refractivity contribution in [2.75, 3.05) is 19.8 Å². The molecule has 0 amide bonds. The van der Waals surface area contributed by atoms with Crippen LogP contribution in [-0.2, 0) is 11.2 Å². The fraction of sp³-hybridized carbons (Fsp3) is 0.571. The van der Waals surface area contributed by atoms with Gasteiger partial charge < -0.3 is 15.2 Å². The van der Waals surface area contributed by atoms with Crippen molar-refractivity contribution in [3.63, 3.8) is 0 Å². The van der Waals surface area contributed by atoms with E-state index in [1.54, 1.807) is 0 Å². The molecule has 0 bridgehead atoms. The number of hydrogen-bond acceptors (Lipinski definition) is 3. The summed E-state index contributed by atoms with van der Waals surface area (Å²) in [6.07, 6.45) is 2.03. The lowest BCUT2D eigenvalue weighted by molar-refractivity contribution is 0.0630. The Morgan fingerprint density at radius 3 is 2.71 bits per heavy atom. The van der Waals surface area contributed by atoms with Crippen LogP contribution in [0, 0.1) is 0 Å². The van der Waals surface area contributed by atoms with E-state index < -0.39 is 0 Å². The van der Waals surface area contributed by atoms with Gasteiger partial charge in [0.05, 0.1) is 19.3 Å². The first kappa shape index (κ1) is 14.0. The molecule has 1 aromatic carbocycles. The molecule has 0 aliphatic rings. The summed E-state index contributed by atoms with van der Waals surface area (Å²) in [6, 6.07) is 8.16. The average molecular weight is 237 g/mol. The minimum Gasteiger partial charge on any atom is -0.493 e. The molecular formula is C14H23NO2. The topological polar surface area (TPSA) is 44.5 Å². The Bertz CT molecular complexity index is 315. The van der Waals surface area contributed by atoms with Crippen molar-refractivity contribution in [1.82, 2.24) is 0 Å². The first-order valence-corrected chi connectivity index (χ1v) is 6.30. The number of aryl methyl sites for hydroxylation is 1. The van der Waals surface area contributed by atoms with Gasteiger partial charge >= 0.3 is 0 Å². The van der Waals surface area contributed by atoms with E-state index in [0.29, 0.717) is 19.8 Å². The van der Waals surface area contributed by atoms with Gasteiger partial charge in [0, 0.05) is 13.0 Å². The standard InChI is InChI=1S/C14H23NO2/c1-3-13-7-4-5-8-14(13)17-10-6-9-16-12(2)11-15/h4-5,7-8,12H,3,6,9-11,15H2,1-2H3. The van der Waals surface area contributed by atoms with Gasteiger partial charge in [0.25, 0.3) is 0 Å². The molecule has 1 unspecified atom stereocenters. The van der Waals surface area contributed by atoms with E-state index in [0.717, 1.165) is 18.6 Å². The van der Waals surface area contributed by atoms with Crippen molar-refractivity contribution < 1.29 is 9.47 Å². The number of rotatable bonds is 8. The summed E-state index contributed by atoms with van der Waals surface area (Å²) in [5.74, 6) is 0.988. The Kier molecular flexibility index (Phi) is 6.67. The zero-order valence-electron chi connectivity index (χ0n) is 10.8. The van der Waals surface area contributed by atoms with Crippen LogP contribution in [0.25, 0.3) is 0 Å². The van der Waals surface area contributed by atoms with Crippen LogP contribution < -0.4 is 10.5 Å². The van der Waals surface area contributed by atoms with Crippen LogP contribution in [0.1, 0.15) is 25.8 Å². The molecule has 0 fully saturated rings. The number of nitrogens with two attached hydrogens (primary N) is 1. The summed E-state index contributed by atoms with van der Waals surface area (Å²) in [4.78, 5) is 0. The highest BCUT2D eigenvalue weighted by Gasteiger charge is 2.01. The van der Waals surface area contributed by atoms with Crippen LogP contribution in [0.4, 0.5) is 0 Å². The van der Waals surface area contributed by atoms with Gasteiger partial charge in [-0.1, -0.05) is 25.1 Å². The Labute approximate surface area is 104 Å². The third-order valence-electron chi connectivity index (χ3n) is 2.63. The van der Waals surface area contributed by atoms with E-state index in [1.807, 2.05) is 25.1 Å². The number of ether oxygens (including phenoxy) is 2. The summed E-state index contributed by atoms with van der Waals surface area (Å²) in [5, 5.41) is 0. The quantitative estimate of drug-likeness (QED) is 0.706. The molecule has 0 heterocycles.